The van der Waals surface area contributed by atoms with E-state index in [-0.39, 0.29) is 5.69 Å². The smallest absolute Gasteiger partial charge is 0.271 e. The Bertz CT molecular complexity index is 829. The third-order valence-corrected chi connectivity index (χ3v) is 2.84. The summed E-state index contributed by atoms with van der Waals surface area (Å²) in [7, 11) is 0. The number of ether oxygens (including phenoxy) is 1. The molecule has 8 heteroatoms. The maximum Gasteiger partial charge on any atom is 0.271 e. The van der Waals surface area contributed by atoms with Gasteiger partial charge in [0.1, 0.15) is 11.4 Å². The van der Waals surface area contributed by atoms with Crippen LogP contribution in [-0.4, -0.2) is 31.3 Å². The van der Waals surface area contributed by atoms with Crippen LogP contribution in [0.3, 0.4) is 0 Å². The molecule has 8 nitrogen and oxygen atoms in total. The summed E-state index contributed by atoms with van der Waals surface area (Å²) >= 11 is 0. The van der Waals surface area contributed by atoms with Crippen molar-refractivity contribution in [1.29, 1.82) is 0 Å². The Hall–Kier alpha value is -3.29. The van der Waals surface area contributed by atoms with Gasteiger partial charge in [-0.05, 0) is 19.1 Å². The van der Waals surface area contributed by atoms with E-state index in [2.05, 4.69) is 25.4 Å². The Labute approximate surface area is 125 Å². The fourth-order valence-corrected chi connectivity index (χ4v) is 1.92. The van der Waals surface area contributed by atoms with Crippen LogP contribution in [0.25, 0.3) is 11.3 Å². The number of amides is 1. The lowest BCUT2D eigenvalue weighted by atomic mass is 10.1. The molecule has 1 aromatic carbocycles. The number of hydrogen-bond donors (Lipinski definition) is 2. The van der Waals surface area contributed by atoms with Gasteiger partial charge in [-0.3, -0.25) is 9.78 Å². The maximum absolute atomic E-state index is 11.3. The summed E-state index contributed by atoms with van der Waals surface area (Å²) in [4.78, 5) is 19.5. The number of H-pyrrole nitrogens is 1. The molecule has 2 aromatic heterocycles. The minimum Gasteiger partial charge on any atom is -0.437 e. The monoisotopic (exact) mass is 296 g/mol. The molecule has 0 radical (unpaired) electrons. The highest BCUT2D eigenvalue weighted by Gasteiger charge is 2.15. The molecule has 1 amide bonds. The lowest BCUT2D eigenvalue weighted by molar-refractivity contribution is 0.0996. The van der Waals surface area contributed by atoms with Crippen molar-refractivity contribution in [2.75, 3.05) is 0 Å². The Kier molecular flexibility index (Phi) is 3.48. The molecule has 22 heavy (non-hydrogen) atoms. The first kappa shape index (κ1) is 13.7. The lowest BCUT2D eigenvalue weighted by Crippen LogP contribution is -2.12. The molecule has 0 saturated carbocycles. The van der Waals surface area contributed by atoms with Crippen molar-refractivity contribution in [3.63, 3.8) is 0 Å². The number of aryl methyl sites for hydroxylation is 1. The zero-order valence-corrected chi connectivity index (χ0v) is 11.6. The molecule has 0 saturated heterocycles. The molecule has 3 N–H and O–H groups in total. The van der Waals surface area contributed by atoms with Crippen LogP contribution in [-0.2, 0) is 0 Å². The zero-order valence-electron chi connectivity index (χ0n) is 11.6. The molecule has 0 aliphatic rings. The number of carbonyl (C=O) groups is 1. The fraction of sp³-hybridized carbons (Fsp3) is 0.0714. The van der Waals surface area contributed by atoms with Crippen LogP contribution in [0.1, 0.15) is 16.2 Å². The highest BCUT2D eigenvalue weighted by atomic mass is 16.5. The maximum atomic E-state index is 11.3. The normalized spacial score (nSPS) is 10.4. The molecular formula is C14H12N6O2. The number of aromatic nitrogens is 5. The largest absolute Gasteiger partial charge is 0.437 e. The number of nitrogens with zero attached hydrogens (tertiary/aromatic N) is 4. The number of hydrogen-bond acceptors (Lipinski definition) is 6. The number of rotatable bonds is 4. The van der Waals surface area contributed by atoms with E-state index < -0.39 is 5.91 Å². The lowest BCUT2D eigenvalue weighted by Gasteiger charge is -2.06. The topological polar surface area (TPSA) is 120 Å². The quantitative estimate of drug-likeness (QED) is 0.752. The van der Waals surface area contributed by atoms with Gasteiger partial charge in [-0.1, -0.05) is 12.1 Å². The Morgan fingerprint density at radius 1 is 1.27 bits per heavy atom. The summed E-state index contributed by atoms with van der Waals surface area (Å²) < 4.78 is 5.65. The van der Waals surface area contributed by atoms with E-state index in [1.54, 1.807) is 30.5 Å². The molecule has 2 heterocycles. The standard InChI is InChI=1S/C14H12N6O2/c1-8-6-16-7-11(17-8)22-10-4-2-3-9(5-10)12-13(14(15)21)19-20-18-12/h2-7H,1H3,(H2,15,21)(H,18,19,20). The third kappa shape index (κ3) is 2.75. The van der Waals surface area contributed by atoms with Crippen molar-refractivity contribution in [2.24, 2.45) is 5.73 Å². The van der Waals surface area contributed by atoms with Crippen molar-refractivity contribution >= 4 is 5.91 Å². The van der Waals surface area contributed by atoms with Gasteiger partial charge in [0, 0.05) is 11.8 Å². The molecule has 0 aliphatic heterocycles. The highest BCUT2D eigenvalue weighted by Crippen LogP contribution is 2.26. The van der Waals surface area contributed by atoms with Crippen LogP contribution in [0.5, 0.6) is 11.6 Å². The molecule has 0 bridgehead atoms. The predicted molar refractivity (Wildman–Crippen MR) is 77.2 cm³/mol. The summed E-state index contributed by atoms with van der Waals surface area (Å²) in [6, 6.07) is 7.03. The molecule has 110 valence electrons. The van der Waals surface area contributed by atoms with Gasteiger partial charge in [-0.15, -0.1) is 0 Å². The van der Waals surface area contributed by atoms with Crippen molar-refractivity contribution in [2.45, 2.75) is 6.92 Å². The van der Waals surface area contributed by atoms with Gasteiger partial charge in [-0.2, -0.15) is 15.4 Å². The van der Waals surface area contributed by atoms with Crippen LogP contribution in [0.15, 0.2) is 36.7 Å². The first-order chi connectivity index (χ1) is 10.6. The molecule has 3 aromatic rings. The first-order valence-corrected chi connectivity index (χ1v) is 6.41. The van der Waals surface area contributed by atoms with Crippen molar-refractivity contribution in [3.05, 3.63) is 48.0 Å². The Morgan fingerprint density at radius 3 is 2.91 bits per heavy atom. The van der Waals surface area contributed by atoms with E-state index >= 15 is 0 Å². The first-order valence-electron chi connectivity index (χ1n) is 6.41. The predicted octanol–water partition coefficient (Wildman–Crippen LogP) is 1.46. The molecule has 0 fully saturated rings. The van der Waals surface area contributed by atoms with E-state index in [4.69, 9.17) is 10.5 Å². The van der Waals surface area contributed by atoms with E-state index in [0.717, 1.165) is 5.69 Å². The average molecular weight is 296 g/mol. The van der Waals surface area contributed by atoms with E-state index in [9.17, 15) is 4.79 Å². The Balaban J connectivity index is 1.93. The molecule has 0 aliphatic carbocycles. The number of aromatic amines is 1. The van der Waals surface area contributed by atoms with Crippen molar-refractivity contribution in [3.8, 4) is 22.9 Å². The second kappa shape index (κ2) is 5.60. The number of carbonyl (C=O) groups excluding carboxylic acids is 1. The summed E-state index contributed by atoms with van der Waals surface area (Å²) in [5, 5.41) is 10.1. The number of nitrogens with two attached hydrogens (primary N) is 1. The average Bonchev–Trinajstić information content (AvgIpc) is 2.97. The minimum absolute atomic E-state index is 0.0764. The van der Waals surface area contributed by atoms with E-state index in [1.807, 2.05) is 6.92 Å². The van der Waals surface area contributed by atoms with Crippen LogP contribution in [0.2, 0.25) is 0 Å². The summed E-state index contributed by atoms with van der Waals surface area (Å²) in [6.07, 6.45) is 3.16. The van der Waals surface area contributed by atoms with E-state index in [0.29, 0.717) is 22.9 Å². The second-order valence-electron chi connectivity index (χ2n) is 4.51. The Morgan fingerprint density at radius 2 is 2.14 bits per heavy atom. The molecule has 3 rings (SSSR count). The molecular weight excluding hydrogens is 284 g/mol. The zero-order chi connectivity index (χ0) is 15.5. The molecule has 0 atom stereocenters. The summed E-state index contributed by atoms with van der Waals surface area (Å²) in [5.74, 6) is 0.267. The number of benzene rings is 1. The van der Waals surface area contributed by atoms with Crippen molar-refractivity contribution < 1.29 is 9.53 Å². The van der Waals surface area contributed by atoms with Crippen molar-refractivity contribution in [1.82, 2.24) is 25.4 Å². The van der Waals surface area contributed by atoms with Crippen LogP contribution in [0, 0.1) is 6.92 Å². The fourth-order valence-electron chi connectivity index (χ4n) is 1.92. The SMILES string of the molecule is Cc1cncc(Oc2cccc(-c3n[nH]nc3C(N)=O)c2)n1. The van der Waals surface area contributed by atoms with Gasteiger partial charge < -0.3 is 10.5 Å². The van der Waals surface area contributed by atoms with Gasteiger partial charge in [-0.25, -0.2) is 4.98 Å². The molecule has 0 unspecified atom stereocenters. The van der Waals surface area contributed by atoms with Gasteiger partial charge in [0.2, 0.25) is 5.88 Å². The number of nitrogens with one attached hydrogen (secondary N) is 1. The van der Waals surface area contributed by atoms with Gasteiger partial charge in [0.25, 0.3) is 5.91 Å². The van der Waals surface area contributed by atoms with Crippen LogP contribution >= 0.6 is 0 Å². The summed E-state index contributed by atoms with van der Waals surface area (Å²) in [6.45, 7) is 1.82. The third-order valence-electron chi connectivity index (χ3n) is 2.84. The summed E-state index contributed by atoms with van der Waals surface area (Å²) in [5.41, 5.74) is 7.11. The minimum atomic E-state index is -0.653. The number of primary amides is 1. The van der Waals surface area contributed by atoms with Gasteiger partial charge >= 0.3 is 0 Å². The second-order valence-corrected chi connectivity index (χ2v) is 4.51. The van der Waals surface area contributed by atoms with Crippen LogP contribution in [0.4, 0.5) is 0 Å². The van der Waals surface area contributed by atoms with Gasteiger partial charge in [0.05, 0.1) is 11.9 Å². The molecule has 0 spiro atoms. The van der Waals surface area contributed by atoms with E-state index in [1.165, 1.54) is 6.20 Å². The highest BCUT2D eigenvalue weighted by molar-refractivity contribution is 5.96. The van der Waals surface area contributed by atoms with Crippen LogP contribution < -0.4 is 10.5 Å². The van der Waals surface area contributed by atoms with Gasteiger partial charge in [0.15, 0.2) is 5.69 Å².